The van der Waals surface area contributed by atoms with E-state index in [2.05, 4.69) is 10.4 Å². The van der Waals surface area contributed by atoms with E-state index in [-0.39, 0.29) is 23.9 Å². The molecule has 4 rings (SSSR count). The number of hydrogen-bond acceptors (Lipinski definition) is 5. The molecule has 1 aromatic carbocycles. The van der Waals surface area contributed by atoms with Gasteiger partial charge in [0.25, 0.3) is 5.91 Å². The first kappa shape index (κ1) is 20.3. The smallest absolute Gasteiger partial charge is 0.320 e. The second kappa shape index (κ2) is 7.69. The predicted octanol–water partition coefficient (Wildman–Crippen LogP) is 2.24. The van der Waals surface area contributed by atoms with E-state index in [1.54, 1.807) is 0 Å². The normalized spacial score (nSPS) is 18.5. The average molecular weight is 436 g/mol. The fraction of sp³-hybridized carbons (Fsp3) is 0.368. The highest BCUT2D eigenvalue weighted by Gasteiger charge is 2.36. The molecule has 1 aromatic heterocycles. The second-order valence-corrected chi connectivity index (χ2v) is 7.60. The summed E-state index contributed by atoms with van der Waals surface area (Å²) in [6.45, 7) is 2.07. The molecule has 0 radical (unpaired) electrons. The minimum atomic E-state index is -0.816. The molecule has 30 heavy (non-hydrogen) atoms. The van der Waals surface area contributed by atoms with Crippen LogP contribution in [0.4, 0.5) is 14.9 Å². The number of nitrogens with one attached hydrogen (secondary N) is 1. The monoisotopic (exact) mass is 435 g/mol. The van der Waals surface area contributed by atoms with Gasteiger partial charge >= 0.3 is 6.03 Å². The van der Waals surface area contributed by atoms with Crippen molar-refractivity contribution < 1.29 is 23.6 Å². The largest absolute Gasteiger partial charge is 0.322 e. The number of carbonyl (C=O) groups is 3. The standard InChI is InChI=1S/C19H19ClFN5O4/c1-10(27)16-9-26-17(18(28)24(2)30-16)12-8-25(6-5-15(12)23-26)19(29)22-11-3-4-14(21)13(20)7-11/h3-4,7,16H,5-6,8-9H2,1-2H3,(H,22,29). The highest BCUT2D eigenvalue weighted by Crippen LogP contribution is 2.27. The van der Waals surface area contributed by atoms with E-state index >= 15 is 0 Å². The van der Waals surface area contributed by atoms with Crippen LogP contribution >= 0.6 is 11.6 Å². The summed E-state index contributed by atoms with van der Waals surface area (Å²) in [5.74, 6) is -1.22. The number of carbonyl (C=O) groups excluding carboxylic acids is 3. The molecule has 1 unspecified atom stereocenters. The Bertz CT molecular complexity index is 1060. The van der Waals surface area contributed by atoms with Crippen molar-refractivity contribution in [3.63, 3.8) is 0 Å². The summed E-state index contributed by atoms with van der Waals surface area (Å²) in [7, 11) is 1.44. The molecule has 158 valence electrons. The molecule has 9 nitrogen and oxygen atoms in total. The molecule has 0 saturated carbocycles. The maximum Gasteiger partial charge on any atom is 0.322 e. The van der Waals surface area contributed by atoms with Crippen molar-refractivity contribution in [2.75, 3.05) is 18.9 Å². The zero-order chi connectivity index (χ0) is 21.6. The lowest BCUT2D eigenvalue weighted by Gasteiger charge is -2.27. The molecule has 0 aliphatic carbocycles. The van der Waals surface area contributed by atoms with Gasteiger partial charge in [0.15, 0.2) is 11.9 Å². The number of aromatic nitrogens is 2. The first-order valence-corrected chi connectivity index (χ1v) is 9.67. The minimum Gasteiger partial charge on any atom is -0.320 e. The van der Waals surface area contributed by atoms with Gasteiger partial charge in [0.2, 0.25) is 0 Å². The third-order valence-electron chi connectivity index (χ3n) is 5.13. The van der Waals surface area contributed by atoms with Crippen molar-refractivity contribution in [2.24, 2.45) is 0 Å². The highest BCUT2D eigenvalue weighted by atomic mass is 35.5. The van der Waals surface area contributed by atoms with Crippen molar-refractivity contribution in [3.05, 3.63) is 46.0 Å². The van der Waals surface area contributed by atoms with Gasteiger partial charge in [-0.3, -0.25) is 19.1 Å². The molecule has 11 heteroatoms. The van der Waals surface area contributed by atoms with E-state index in [1.165, 1.54) is 41.8 Å². The van der Waals surface area contributed by atoms with Crippen LogP contribution in [0.5, 0.6) is 0 Å². The summed E-state index contributed by atoms with van der Waals surface area (Å²) in [6.07, 6.45) is -0.362. The molecule has 2 aliphatic rings. The Balaban J connectivity index is 1.58. The predicted molar refractivity (Wildman–Crippen MR) is 104 cm³/mol. The number of nitrogens with zero attached hydrogens (tertiary/aromatic N) is 4. The van der Waals surface area contributed by atoms with Crippen LogP contribution in [-0.4, -0.2) is 57.2 Å². The summed E-state index contributed by atoms with van der Waals surface area (Å²) in [4.78, 5) is 44.3. The van der Waals surface area contributed by atoms with Gasteiger partial charge in [-0.25, -0.2) is 14.2 Å². The summed E-state index contributed by atoms with van der Waals surface area (Å²) >= 11 is 5.77. The van der Waals surface area contributed by atoms with E-state index in [4.69, 9.17) is 16.4 Å². The van der Waals surface area contributed by atoms with Crippen LogP contribution in [0.15, 0.2) is 18.2 Å². The van der Waals surface area contributed by atoms with Crippen molar-refractivity contribution in [2.45, 2.75) is 32.5 Å². The summed E-state index contributed by atoms with van der Waals surface area (Å²) in [5.41, 5.74) is 2.00. The molecule has 3 heterocycles. The fourth-order valence-electron chi connectivity index (χ4n) is 3.53. The highest BCUT2D eigenvalue weighted by molar-refractivity contribution is 6.31. The average Bonchev–Trinajstić information content (AvgIpc) is 3.00. The Labute approximate surface area is 176 Å². The minimum absolute atomic E-state index is 0.0932. The lowest BCUT2D eigenvalue weighted by atomic mass is 10.1. The molecule has 2 aliphatic heterocycles. The molecule has 0 spiro atoms. The Morgan fingerprint density at radius 2 is 2.13 bits per heavy atom. The quantitative estimate of drug-likeness (QED) is 0.780. The van der Waals surface area contributed by atoms with Gasteiger partial charge in [0, 0.05) is 31.3 Å². The number of hydroxylamine groups is 2. The summed E-state index contributed by atoms with van der Waals surface area (Å²) in [6, 6.07) is 3.51. The number of halogens is 2. The number of amides is 3. The van der Waals surface area contributed by atoms with Crippen LogP contribution in [0, 0.1) is 5.82 Å². The van der Waals surface area contributed by atoms with Gasteiger partial charge in [0.05, 0.1) is 23.8 Å². The van der Waals surface area contributed by atoms with Gasteiger partial charge < -0.3 is 10.2 Å². The molecule has 1 N–H and O–H groups in total. The lowest BCUT2D eigenvalue weighted by molar-refractivity contribution is -0.165. The van der Waals surface area contributed by atoms with E-state index in [0.717, 1.165) is 5.06 Å². The van der Waals surface area contributed by atoms with E-state index in [1.807, 2.05) is 0 Å². The first-order valence-electron chi connectivity index (χ1n) is 9.29. The van der Waals surface area contributed by atoms with Gasteiger partial charge in [-0.2, -0.15) is 5.10 Å². The molecular formula is C19H19ClFN5O4. The van der Waals surface area contributed by atoms with E-state index < -0.39 is 23.9 Å². The van der Waals surface area contributed by atoms with Crippen molar-refractivity contribution >= 4 is 35.0 Å². The Hall–Kier alpha value is -2.98. The Kier molecular flexibility index (Phi) is 5.20. The van der Waals surface area contributed by atoms with Gasteiger partial charge in [-0.15, -0.1) is 0 Å². The zero-order valence-corrected chi connectivity index (χ0v) is 17.1. The van der Waals surface area contributed by atoms with Gasteiger partial charge in [0.1, 0.15) is 11.5 Å². The van der Waals surface area contributed by atoms with Crippen LogP contribution in [0.2, 0.25) is 5.02 Å². The molecule has 0 saturated heterocycles. The number of anilines is 1. The molecule has 0 bridgehead atoms. The molecule has 2 aromatic rings. The zero-order valence-electron chi connectivity index (χ0n) is 16.3. The maximum absolute atomic E-state index is 13.3. The maximum atomic E-state index is 13.3. The van der Waals surface area contributed by atoms with E-state index in [0.29, 0.717) is 35.6 Å². The Morgan fingerprint density at radius 1 is 1.37 bits per heavy atom. The third kappa shape index (κ3) is 3.63. The lowest BCUT2D eigenvalue weighted by Crippen LogP contribution is -2.39. The van der Waals surface area contributed by atoms with Crippen LogP contribution in [0.3, 0.4) is 0 Å². The van der Waals surface area contributed by atoms with E-state index in [9.17, 15) is 18.8 Å². The molecular weight excluding hydrogens is 417 g/mol. The molecule has 3 amide bonds. The number of urea groups is 1. The SMILES string of the molecule is CC(=O)C1Cn2nc3c(c2C(=O)N(C)O1)CN(C(=O)Nc1ccc(F)c(Cl)c1)CC3. The van der Waals surface area contributed by atoms with Crippen molar-refractivity contribution in [1.82, 2.24) is 19.7 Å². The van der Waals surface area contributed by atoms with Crippen LogP contribution in [0.1, 0.15) is 28.7 Å². The van der Waals surface area contributed by atoms with Crippen molar-refractivity contribution in [3.8, 4) is 0 Å². The number of Topliss-reactive ketones (excluding diaryl/α,β-unsaturated/α-hetero) is 1. The van der Waals surface area contributed by atoms with Gasteiger partial charge in [-0.1, -0.05) is 11.6 Å². The molecule has 1 atom stereocenters. The second-order valence-electron chi connectivity index (χ2n) is 7.19. The van der Waals surface area contributed by atoms with Crippen LogP contribution in [0.25, 0.3) is 0 Å². The summed E-state index contributed by atoms with van der Waals surface area (Å²) in [5, 5.41) is 8.11. The Morgan fingerprint density at radius 3 is 2.83 bits per heavy atom. The van der Waals surface area contributed by atoms with Crippen LogP contribution < -0.4 is 5.32 Å². The fourth-order valence-corrected chi connectivity index (χ4v) is 3.71. The topological polar surface area (TPSA) is 96.8 Å². The van der Waals surface area contributed by atoms with Gasteiger partial charge in [-0.05, 0) is 25.1 Å². The van der Waals surface area contributed by atoms with Crippen LogP contribution in [-0.2, 0) is 29.1 Å². The molecule has 0 fully saturated rings. The number of rotatable bonds is 2. The van der Waals surface area contributed by atoms with Crippen molar-refractivity contribution in [1.29, 1.82) is 0 Å². The number of ketones is 1. The first-order chi connectivity index (χ1) is 14.2. The number of benzene rings is 1. The summed E-state index contributed by atoms with van der Waals surface area (Å²) < 4.78 is 14.8. The number of hydrogen-bond donors (Lipinski definition) is 1. The third-order valence-corrected chi connectivity index (χ3v) is 5.42. The number of fused-ring (bicyclic) bond motifs is 3.